The van der Waals surface area contributed by atoms with E-state index in [4.69, 9.17) is 4.74 Å². The predicted molar refractivity (Wildman–Crippen MR) is 73.7 cm³/mol. The number of benzene rings is 1. The van der Waals surface area contributed by atoms with Crippen molar-refractivity contribution in [1.29, 1.82) is 0 Å². The number of hydrogen-bond donors (Lipinski definition) is 1. The van der Waals surface area contributed by atoms with Crippen LogP contribution in [-0.4, -0.2) is 25.0 Å². The van der Waals surface area contributed by atoms with Crippen molar-refractivity contribution in [2.75, 3.05) is 7.11 Å². The van der Waals surface area contributed by atoms with E-state index in [1.54, 1.807) is 13.8 Å². The van der Waals surface area contributed by atoms with Gasteiger partial charge in [0.05, 0.1) is 7.11 Å². The Morgan fingerprint density at radius 2 is 1.79 bits per heavy atom. The van der Waals surface area contributed by atoms with E-state index in [1.807, 2.05) is 31.2 Å². The Bertz CT molecular complexity index is 437. The molecule has 0 fully saturated rings. The zero-order valence-corrected chi connectivity index (χ0v) is 11.9. The third-order valence-corrected chi connectivity index (χ3v) is 2.89. The minimum Gasteiger partial charge on any atom is -0.467 e. The van der Waals surface area contributed by atoms with Gasteiger partial charge < -0.3 is 10.1 Å². The topological polar surface area (TPSA) is 55.4 Å². The molecule has 0 saturated heterocycles. The van der Waals surface area contributed by atoms with E-state index < -0.39 is 12.0 Å². The molecule has 0 saturated carbocycles. The molecule has 4 nitrogen and oxygen atoms in total. The van der Waals surface area contributed by atoms with Gasteiger partial charge in [0, 0.05) is 12.3 Å². The summed E-state index contributed by atoms with van der Waals surface area (Å²) in [6.45, 7) is 5.58. The molecule has 0 aliphatic carbocycles. The lowest BCUT2D eigenvalue weighted by Crippen LogP contribution is -2.44. The van der Waals surface area contributed by atoms with Crippen molar-refractivity contribution in [3.05, 3.63) is 35.4 Å². The summed E-state index contributed by atoms with van der Waals surface area (Å²) in [5.41, 5.74) is 2.15. The normalized spacial score (nSPS) is 12.1. The SMILES string of the molecule is COC(=O)[C@@H](Cc1ccc(C)cc1)NC(=O)C(C)C. The Hall–Kier alpha value is -1.84. The quantitative estimate of drug-likeness (QED) is 0.825. The van der Waals surface area contributed by atoms with Crippen LogP contribution in [0.3, 0.4) is 0 Å². The molecular weight excluding hydrogens is 242 g/mol. The standard InChI is InChI=1S/C15H21NO3/c1-10(2)14(17)16-13(15(18)19-4)9-12-7-5-11(3)6-8-12/h5-8,10,13H,9H2,1-4H3,(H,16,17)/t13-/m1/s1. The van der Waals surface area contributed by atoms with E-state index in [-0.39, 0.29) is 11.8 Å². The summed E-state index contributed by atoms with van der Waals surface area (Å²) in [6.07, 6.45) is 0.436. The molecule has 1 amide bonds. The maximum Gasteiger partial charge on any atom is 0.328 e. The molecule has 0 spiro atoms. The second-order valence-corrected chi connectivity index (χ2v) is 4.93. The Kier molecular flexibility index (Phi) is 5.55. The highest BCUT2D eigenvalue weighted by Crippen LogP contribution is 2.08. The van der Waals surface area contributed by atoms with Crippen molar-refractivity contribution in [3.8, 4) is 0 Å². The van der Waals surface area contributed by atoms with Gasteiger partial charge >= 0.3 is 5.97 Å². The molecule has 0 aliphatic rings. The van der Waals surface area contributed by atoms with Crippen molar-refractivity contribution in [1.82, 2.24) is 5.32 Å². The van der Waals surface area contributed by atoms with Gasteiger partial charge in [0.25, 0.3) is 0 Å². The zero-order valence-electron chi connectivity index (χ0n) is 11.9. The van der Waals surface area contributed by atoms with E-state index in [1.165, 1.54) is 7.11 Å². The zero-order chi connectivity index (χ0) is 14.4. The Morgan fingerprint density at radius 1 is 1.21 bits per heavy atom. The van der Waals surface area contributed by atoms with Crippen molar-refractivity contribution in [3.63, 3.8) is 0 Å². The summed E-state index contributed by atoms with van der Waals surface area (Å²) in [7, 11) is 1.33. The molecule has 1 N–H and O–H groups in total. The van der Waals surface area contributed by atoms with Gasteiger partial charge in [-0.15, -0.1) is 0 Å². The van der Waals surface area contributed by atoms with Crippen LogP contribution in [0.1, 0.15) is 25.0 Å². The summed E-state index contributed by atoms with van der Waals surface area (Å²) < 4.78 is 4.74. The number of esters is 1. The van der Waals surface area contributed by atoms with Gasteiger partial charge in [0.15, 0.2) is 0 Å². The van der Waals surface area contributed by atoms with Gasteiger partial charge in [-0.05, 0) is 12.5 Å². The van der Waals surface area contributed by atoms with Gasteiger partial charge in [-0.1, -0.05) is 43.7 Å². The lowest BCUT2D eigenvalue weighted by atomic mass is 10.0. The summed E-state index contributed by atoms with van der Waals surface area (Å²) in [5.74, 6) is -0.734. The number of hydrogen-bond acceptors (Lipinski definition) is 3. The number of nitrogens with one attached hydrogen (secondary N) is 1. The first-order valence-electron chi connectivity index (χ1n) is 6.37. The van der Waals surface area contributed by atoms with Gasteiger partial charge in [0.2, 0.25) is 5.91 Å². The van der Waals surface area contributed by atoms with E-state index in [0.717, 1.165) is 11.1 Å². The van der Waals surface area contributed by atoms with Crippen LogP contribution in [-0.2, 0) is 20.7 Å². The van der Waals surface area contributed by atoms with Gasteiger partial charge in [-0.25, -0.2) is 4.79 Å². The Balaban J connectivity index is 2.77. The molecule has 0 unspecified atom stereocenters. The third-order valence-electron chi connectivity index (χ3n) is 2.89. The lowest BCUT2D eigenvalue weighted by molar-refractivity contribution is -0.145. The molecule has 1 aromatic carbocycles. The van der Waals surface area contributed by atoms with E-state index in [0.29, 0.717) is 6.42 Å². The fraction of sp³-hybridized carbons (Fsp3) is 0.467. The number of rotatable bonds is 5. The second-order valence-electron chi connectivity index (χ2n) is 4.93. The number of methoxy groups -OCH3 is 1. The van der Waals surface area contributed by atoms with Crippen molar-refractivity contribution < 1.29 is 14.3 Å². The summed E-state index contributed by atoms with van der Waals surface area (Å²) >= 11 is 0. The summed E-state index contributed by atoms with van der Waals surface area (Å²) in [5, 5.41) is 2.72. The minimum atomic E-state index is -0.636. The number of ether oxygens (including phenoxy) is 1. The number of carbonyl (C=O) groups is 2. The highest BCUT2D eigenvalue weighted by atomic mass is 16.5. The van der Waals surface area contributed by atoms with Gasteiger partial charge in [-0.2, -0.15) is 0 Å². The highest BCUT2D eigenvalue weighted by Gasteiger charge is 2.22. The van der Waals surface area contributed by atoms with Crippen LogP contribution in [0.5, 0.6) is 0 Å². The van der Waals surface area contributed by atoms with Crippen molar-refractivity contribution in [2.24, 2.45) is 5.92 Å². The highest BCUT2D eigenvalue weighted by molar-refractivity contribution is 5.85. The first-order chi connectivity index (χ1) is 8.93. The monoisotopic (exact) mass is 263 g/mol. The third kappa shape index (κ3) is 4.73. The van der Waals surface area contributed by atoms with Crippen LogP contribution >= 0.6 is 0 Å². The molecular formula is C15H21NO3. The fourth-order valence-electron chi connectivity index (χ4n) is 1.63. The number of amides is 1. The molecule has 0 bridgehead atoms. The summed E-state index contributed by atoms with van der Waals surface area (Å²) in [6, 6.07) is 7.23. The number of carbonyl (C=O) groups excluding carboxylic acids is 2. The second kappa shape index (κ2) is 6.92. The predicted octanol–water partition coefficient (Wildman–Crippen LogP) is 1.85. The fourth-order valence-corrected chi connectivity index (χ4v) is 1.63. The van der Waals surface area contributed by atoms with Gasteiger partial charge in [0.1, 0.15) is 6.04 Å². The minimum absolute atomic E-state index is 0.150. The molecule has 1 atom stereocenters. The molecule has 0 radical (unpaired) electrons. The van der Waals surface area contributed by atoms with E-state index in [9.17, 15) is 9.59 Å². The largest absolute Gasteiger partial charge is 0.467 e. The van der Waals surface area contributed by atoms with Crippen LogP contribution in [0.2, 0.25) is 0 Å². The number of aryl methyl sites for hydroxylation is 1. The van der Waals surface area contributed by atoms with Crippen LogP contribution in [0, 0.1) is 12.8 Å². The molecule has 0 aromatic heterocycles. The molecule has 0 heterocycles. The average Bonchev–Trinajstić information content (AvgIpc) is 2.39. The molecule has 1 rings (SSSR count). The van der Waals surface area contributed by atoms with Crippen LogP contribution in [0.25, 0.3) is 0 Å². The smallest absolute Gasteiger partial charge is 0.328 e. The molecule has 0 aliphatic heterocycles. The maximum absolute atomic E-state index is 11.7. The summed E-state index contributed by atoms with van der Waals surface area (Å²) in [4.78, 5) is 23.4. The first-order valence-corrected chi connectivity index (χ1v) is 6.37. The molecule has 19 heavy (non-hydrogen) atoms. The van der Waals surface area contributed by atoms with Gasteiger partial charge in [-0.3, -0.25) is 4.79 Å². The molecule has 4 heteroatoms. The van der Waals surface area contributed by atoms with Crippen LogP contribution < -0.4 is 5.32 Å². The molecule has 104 valence electrons. The van der Waals surface area contributed by atoms with E-state index in [2.05, 4.69) is 5.32 Å². The van der Waals surface area contributed by atoms with Crippen LogP contribution in [0.15, 0.2) is 24.3 Å². The lowest BCUT2D eigenvalue weighted by Gasteiger charge is -2.18. The van der Waals surface area contributed by atoms with Crippen molar-refractivity contribution in [2.45, 2.75) is 33.2 Å². The first kappa shape index (κ1) is 15.2. The molecule has 1 aromatic rings. The maximum atomic E-state index is 11.7. The van der Waals surface area contributed by atoms with Crippen LogP contribution in [0.4, 0.5) is 0 Å². The van der Waals surface area contributed by atoms with Crippen molar-refractivity contribution >= 4 is 11.9 Å². The average molecular weight is 263 g/mol. The Morgan fingerprint density at radius 3 is 2.26 bits per heavy atom. The van der Waals surface area contributed by atoms with E-state index >= 15 is 0 Å². The Labute approximate surface area is 114 Å².